The van der Waals surface area contributed by atoms with Crippen molar-refractivity contribution in [1.82, 2.24) is 0 Å². The number of nitro benzene ring substituents is 1. The van der Waals surface area contributed by atoms with Gasteiger partial charge in [-0.2, -0.15) is 0 Å². The maximum absolute atomic E-state index is 11.5. The second kappa shape index (κ2) is 5.89. The third-order valence-electron chi connectivity index (χ3n) is 3.91. The maximum Gasteiger partial charge on any atom is 0.338 e. The van der Waals surface area contributed by atoms with Crippen LogP contribution in [0, 0.1) is 16.0 Å². The molecule has 1 aromatic rings. The molecule has 114 valence electrons. The first-order chi connectivity index (χ1) is 9.81. The molecule has 0 aromatic heterocycles. The van der Waals surface area contributed by atoms with Gasteiger partial charge in [0.25, 0.3) is 5.69 Å². The molecular formula is C14H17ClN2O4. The molecule has 1 aliphatic rings. The second-order valence-corrected chi connectivity index (χ2v) is 5.97. The number of hydrogen-bond acceptors (Lipinski definition) is 4. The normalized spacial score (nSPS) is 22.1. The van der Waals surface area contributed by atoms with Crippen LogP contribution in [-0.4, -0.2) is 28.6 Å². The van der Waals surface area contributed by atoms with Crippen LogP contribution in [0.25, 0.3) is 0 Å². The van der Waals surface area contributed by atoms with Gasteiger partial charge in [-0.3, -0.25) is 10.1 Å². The van der Waals surface area contributed by atoms with E-state index in [0.29, 0.717) is 18.2 Å². The first-order valence-electron chi connectivity index (χ1n) is 6.79. The quantitative estimate of drug-likeness (QED) is 0.681. The van der Waals surface area contributed by atoms with E-state index in [4.69, 9.17) is 11.6 Å². The Bertz CT molecular complexity index is 591. The molecule has 1 saturated heterocycles. The highest BCUT2D eigenvalue weighted by molar-refractivity contribution is 6.34. The van der Waals surface area contributed by atoms with Crippen molar-refractivity contribution in [3.05, 3.63) is 32.8 Å². The first kappa shape index (κ1) is 15.6. The van der Waals surface area contributed by atoms with Crippen LogP contribution in [0.5, 0.6) is 0 Å². The van der Waals surface area contributed by atoms with Crippen LogP contribution in [0.4, 0.5) is 11.4 Å². The van der Waals surface area contributed by atoms with Crippen LogP contribution in [0.1, 0.15) is 37.0 Å². The number of carboxylic acid groups (broad SMARTS) is 1. The number of nitrogens with zero attached hydrogens (tertiary/aromatic N) is 2. The molecule has 7 heteroatoms. The molecule has 1 aromatic carbocycles. The molecule has 2 unspecified atom stereocenters. The number of piperidine rings is 1. The van der Waals surface area contributed by atoms with Crippen LogP contribution < -0.4 is 4.90 Å². The van der Waals surface area contributed by atoms with Gasteiger partial charge in [-0.05, 0) is 25.7 Å². The summed E-state index contributed by atoms with van der Waals surface area (Å²) in [5.74, 6) is -0.636. The third-order valence-corrected chi connectivity index (χ3v) is 4.20. The summed E-state index contributed by atoms with van der Waals surface area (Å²) in [5.41, 5.74) is -0.0380. The largest absolute Gasteiger partial charge is 0.478 e. The lowest BCUT2D eigenvalue weighted by atomic mass is 9.92. The Labute approximate surface area is 127 Å². The van der Waals surface area contributed by atoms with E-state index in [2.05, 4.69) is 6.92 Å². The van der Waals surface area contributed by atoms with E-state index >= 15 is 0 Å². The number of aromatic carboxylic acids is 1. The summed E-state index contributed by atoms with van der Waals surface area (Å²) in [4.78, 5) is 23.6. The lowest BCUT2D eigenvalue weighted by Crippen LogP contribution is -2.41. The fraction of sp³-hybridized carbons (Fsp3) is 0.500. The van der Waals surface area contributed by atoms with E-state index in [-0.39, 0.29) is 22.3 Å². The van der Waals surface area contributed by atoms with Crippen molar-refractivity contribution in [1.29, 1.82) is 0 Å². The average molecular weight is 313 g/mol. The third kappa shape index (κ3) is 3.10. The zero-order valence-electron chi connectivity index (χ0n) is 11.9. The van der Waals surface area contributed by atoms with E-state index in [0.717, 1.165) is 18.9 Å². The summed E-state index contributed by atoms with van der Waals surface area (Å²) in [5, 5.41) is 20.3. The van der Waals surface area contributed by atoms with Gasteiger partial charge in [0.1, 0.15) is 0 Å². The summed E-state index contributed by atoms with van der Waals surface area (Å²) in [6, 6.07) is 2.44. The van der Waals surface area contributed by atoms with Gasteiger partial charge in [0.2, 0.25) is 0 Å². The van der Waals surface area contributed by atoms with Gasteiger partial charge >= 0.3 is 5.97 Å². The summed E-state index contributed by atoms with van der Waals surface area (Å²) in [6.07, 6.45) is 1.88. The number of anilines is 1. The Morgan fingerprint density at radius 2 is 2.14 bits per heavy atom. The van der Waals surface area contributed by atoms with Crippen LogP contribution in [0.3, 0.4) is 0 Å². The second-order valence-electron chi connectivity index (χ2n) is 5.56. The predicted octanol–water partition coefficient (Wildman–Crippen LogP) is 3.57. The average Bonchev–Trinajstić information content (AvgIpc) is 2.38. The van der Waals surface area contributed by atoms with Crippen molar-refractivity contribution in [2.75, 3.05) is 11.4 Å². The summed E-state index contributed by atoms with van der Waals surface area (Å²) < 4.78 is 0. The van der Waals surface area contributed by atoms with Crippen LogP contribution in [-0.2, 0) is 0 Å². The van der Waals surface area contributed by atoms with Crippen molar-refractivity contribution in [3.8, 4) is 0 Å². The van der Waals surface area contributed by atoms with E-state index in [1.807, 2.05) is 11.8 Å². The zero-order chi connectivity index (χ0) is 15.7. The Hall–Kier alpha value is -1.82. The molecule has 2 atom stereocenters. The van der Waals surface area contributed by atoms with Crippen LogP contribution >= 0.6 is 11.6 Å². The Kier molecular flexibility index (Phi) is 4.37. The Morgan fingerprint density at radius 3 is 2.67 bits per heavy atom. The summed E-state index contributed by atoms with van der Waals surface area (Å²) in [6.45, 7) is 4.86. The van der Waals surface area contributed by atoms with E-state index in [1.54, 1.807) is 0 Å². The van der Waals surface area contributed by atoms with E-state index < -0.39 is 10.9 Å². The van der Waals surface area contributed by atoms with Gasteiger partial charge in [-0.15, -0.1) is 0 Å². The van der Waals surface area contributed by atoms with Gasteiger partial charge in [-0.25, -0.2) is 4.79 Å². The molecule has 0 radical (unpaired) electrons. The van der Waals surface area contributed by atoms with E-state index in [1.165, 1.54) is 6.07 Å². The number of halogens is 1. The molecule has 1 fully saturated rings. The van der Waals surface area contributed by atoms with Crippen molar-refractivity contribution in [2.45, 2.75) is 32.7 Å². The number of rotatable bonds is 3. The number of nitro groups is 1. The minimum absolute atomic E-state index is 0.114. The lowest BCUT2D eigenvalue weighted by molar-refractivity contribution is -0.384. The standard InChI is InChI=1S/C14H17ClN2O4/c1-8-3-4-16(9(2)5-8)13-11(14(18)19)6-10(17(20)21)7-12(13)15/h6-9H,3-5H2,1-2H3,(H,18,19). The number of benzene rings is 1. The lowest BCUT2D eigenvalue weighted by Gasteiger charge is -2.39. The van der Waals surface area contributed by atoms with Crippen molar-refractivity contribution < 1.29 is 14.8 Å². The number of hydrogen-bond donors (Lipinski definition) is 1. The maximum atomic E-state index is 11.5. The minimum atomic E-state index is -1.21. The molecule has 0 saturated carbocycles. The van der Waals surface area contributed by atoms with Gasteiger partial charge < -0.3 is 10.0 Å². The predicted molar refractivity (Wildman–Crippen MR) is 80.3 cm³/mol. The molecule has 1 aliphatic heterocycles. The molecule has 2 rings (SSSR count). The smallest absolute Gasteiger partial charge is 0.338 e. The SMILES string of the molecule is CC1CCN(c2c(Cl)cc([N+](=O)[O-])cc2C(=O)O)C(C)C1. The van der Waals surface area contributed by atoms with Crippen molar-refractivity contribution in [2.24, 2.45) is 5.92 Å². The molecule has 0 aliphatic carbocycles. The number of non-ortho nitro benzene ring substituents is 1. The summed E-state index contributed by atoms with van der Waals surface area (Å²) in [7, 11) is 0. The zero-order valence-corrected chi connectivity index (χ0v) is 12.6. The van der Waals surface area contributed by atoms with Gasteiger partial charge in [0.15, 0.2) is 0 Å². The first-order valence-corrected chi connectivity index (χ1v) is 7.17. The fourth-order valence-electron chi connectivity index (χ4n) is 2.88. The van der Waals surface area contributed by atoms with Crippen LogP contribution in [0.2, 0.25) is 5.02 Å². The molecule has 21 heavy (non-hydrogen) atoms. The Balaban J connectivity index is 2.52. The van der Waals surface area contributed by atoms with Gasteiger partial charge in [0, 0.05) is 24.7 Å². The molecule has 1 N–H and O–H groups in total. The highest BCUT2D eigenvalue weighted by Gasteiger charge is 2.30. The molecule has 0 amide bonds. The van der Waals surface area contributed by atoms with E-state index in [9.17, 15) is 20.0 Å². The Morgan fingerprint density at radius 1 is 1.48 bits per heavy atom. The molecule has 1 heterocycles. The highest BCUT2D eigenvalue weighted by atomic mass is 35.5. The molecular weight excluding hydrogens is 296 g/mol. The molecule has 6 nitrogen and oxygen atoms in total. The highest BCUT2D eigenvalue weighted by Crippen LogP contribution is 2.38. The summed E-state index contributed by atoms with van der Waals surface area (Å²) >= 11 is 6.15. The minimum Gasteiger partial charge on any atom is -0.478 e. The van der Waals surface area contributed by atoms with Crippen molar-refractivity contribution >= 4 is 28.9 Å². The number of carbonyl (C=O) groups is 1. The number of carboxylic acids is 1. The fourth-order valence-corrected chi connectivity index (χ4v) is 3.21. The molecule has 0 bridgehead atoms. The van der Waals surface area contributed by atoms with Gasteiger partial charge in [0.05, 0.1) is 21.2 Å². The monoisotopic (exact) mass is 312 g/mol. The van der Waals surface area contributed by atoms with Crippen molar-refractivity contribution in [3.63, 3.8) is 0 Å². The van der Waals surface area contributed by atoms with Crippen LogP contribution in [0.15, 0.2) is 12.1 Å². The topological polar surface area (TPSA) is 83.7 Å². The van der Waals surface area contributed by atoms with Gasteiger partial charge in [-0.1, -0.05) is 18.5 Å². The molecule has 0 spiro atoms.